The standard InChI is InChI=1S/C31H38N4O3/c1-2-32-14-16-33(17-15-32)28(36)21-34-18-19-35-27-20-23(31(37)38)12-13-24(27)29(22-8-4-3-5-9-22)30(35)25-10-6-7-11-26(25)34/h6-7,10-13,20,22H,2-5,8-9,14-19,21H2,1H3,(H,37,38). The number of para-hydroxylation sites is 1. The van der Waals surface area contributed by atoms with Gasteiger partial charge in [-0.2, -0.15) is 0 Å². The molecule has 0 bridgehead atoms. The van der Waals surface area contributed by atoms with E-state index in [1.54, 1.807) is 6.07 Å². The summed E-state index contributed by atoms with van der Waals surface area (Å²) in [5, 5.41) is 10.9. The fraction of sp³-hybridized carbons (Fsp3) is 0.484. The summed E-state index contributed by atoms with van der Waals surface area (Å²) in [6.07, 6.45) is 6.09. The number of aromatic carboxylic acids is 1. The minimum Gasteiger partial charge on any atom is -0.478 e. The van der Waals surface area contributed by atoms with Crippen molar-refractivity contribution in [2.75, 3.05) is 50.7 Å². The zero-order valence-corrected chi connectivity index (χ0v) is 22.4. The Hall–Kier alpha value is -3.32. The molecule has 3 aliphatic rings. The average molecular weight is 515 g/mol. The molecule has 6 rings (SSSR count). The first kappa shape index (κ1) is 25.0. The van der Waals surface area contributed by atoms with Crippen molar-refractivity contribution in [1.82, 2.24) is 14.4 Å². The van der Waals surface area contributed by atoms with E-state index in [-0.39, 0.29) is 5.91 Å². The van der Waals surface area contributed by atoms with E-state index in [4.69, 9.17) is 0 Å². The number of rotatable bonds is 5. The first-order valence-electron chi connectivity index (χ1n) is 14.3. The fourth-order valence-corrected chi connectivity index (χ4v) is 6.87. The zero-order chi connectivity index (χ0) is 26.2. The molecule has 7 heteroatoms. The molecular weight excluding hydrogens is 476 g/mol. The number of carbonyl (C=O) groups excluding carboxylic acids is 1. The maximum Gasteiger partial charge on any atom is 0.335 e. The summed E-state index contributed by atoms with van der Waals surface area (Å²) < 4.78 is 2.34. The number of piperazine rings is 1. The van der Waals surface area contributed by atoms with E-state index in [2.05, 4.69) is 45.6 Å². The smallest absolute Gasteiger partial charge is 0.335 e. The second-order valence-corrected chi connectivity index (χ2v) is 11.0. The molecule has 0 atom stereocenters. The van der Waals surface area contributed by atoms with Crippen molar-refractivity contribution in [2.24, 2.45) is 0 Å². The molecule has 1 N–H and O–H groups in total. The van der Waals surface area contributed by atoms with E-state index in [9.17, 15) is 14.7 Å². The van der Waals surface area contributed by atoms with E-state index in [1.807, 2.05) is 17.0 Å². The molecule has 1 amide bonds. The fourth-order valence-electron chi connectivity index (χ4n) is 6.87. The second-order valence-electron chi connectivity index (χ2n) is 11.0. The van der Waals surface area contributed by atoms with Gasteiger partial charge in [-0.3, -0.25) is 4.79 Å². The quantitative estimate of drug-likeness (QED) is 0.517. The molecule has 0 unspecified atom stereocenters. The predicted molar refractivity (Wildman–Crippen MR) is 151 cm³/mol. The molecule has 7 nitrogen and oxygen atoms in total. The van der Waals surface area contributed by atoms with Crippen molar-refractivity contribution in [3.63, 3.8) is 0 Å². The molecule has 1 aromatic heterocycles. The Labute approximate surface area is 224 Å². The van der Waals surface area contributed by atoms with Gasteiger partial charge in [0.2, 0.25) is 5.91 Å². The molecule has 1 aliphatic carbocycles. The number of carbonyl (C=O) groups is 2. The highest BCUT2D eigenvalue weighted by Gasteiger charge is 2.31. The van der Waals surface area contributed by atoms with Crippen LogP contribution in [0, 0.1) is 0 Å². The van der Waals surface area contributed by atoms with Crippen LogP contribution in [0.1, 0.15) is 60.9 Å². The molecule has 2 aromatic carbocycles. The maximum atomic E-state index is 13.4. The molecular formula is C31H38N4O3. The molecule has 200 valence electrons. The molecule has 3 aromatic rings. The summed E-state index contributed by atoms with van der Waals surface area (Å²) in [6, 6.07) is 14.1. The lowest BCUT2D eigenvalue weighted by atomic mass is 9.81. The van der Waals surface area contributed by atoms with Gasteiger partial charge >= 0.3 is 5.97 Å². The highest BCUT2D eigenvalue weighted by atomic mass is 16.4. The number of likely N-dealkylation sites (N-methyl/N-ethyl adjacent to an activating group) is 1. The lowest BCUT2D eigenvalue weighted by Gasteiger charge is -2.35. The van der Waals surface area contributed by atoms with Gasteiger partial charge in [0.05, 0.1) is 17.8 Å². The van der Waals surface area contributed by atoms with Crippen LogP contribution in [0.5, 0.6) is 0 Å². The third-order valence-electron chi connectivity index (χ3n) is 8.96. The summed E-state index contributed by atoms with van der Waals surface area (Å²) in [4.78, 5) is 32.0. The largest absolute Gasteiger partial charge is 0.478 e. The SMILES string of the molecule is CCN1CCN(C(=O)CN2CCn3c(c(C4CCCCC4)c4ccc(C(=O)O)cc43)-c3ccccc32)CC1. The maximum absolute atomic E-state index is 13.4. The molecule has 0 spiro atoms. The van der Waals surface area contributed by atoms with Crippen molar-refractivity contribution in [3.8, 4) is 11.3 Å². The van der Waals surface area contributed by atoms with Crippen LogP contribution in [-0.4, -0.2) is 77.2 Å². The minimum absolute atomic E-state index is 0.188. The van der Waals surface area contributed by atoms with Gasteiger partial charge in [0, 0.05) is 61.4 Å². The highest BCUT2D eigenvalue weighted by molar-refractivity contribution is 6.00. The average Bonchev–Trinajstić information content (AvgIpc) is 3.20. The number of anilines is 1. The van der Waals surface area contributed by atoms with Crippen molar-refractivity contribution in [3.05, 3.63) is 53.6 Å². The van der Waals surface area contributed by atoms with Gasteiger partial charge in [-0.25, -0.2) is 4.79 Å². The number of benzene rings is 2. The van der Waals surface area contributed by atoms with Gasteiger partial charge in [0.15, 0.2) is 0 Å². The third-order valence-corrected chi connectivity index (χ3v) is 8.96. The Balaban J connectivity index is 1.41. The van der Waals surface area contributed by atoms with Gasteiger partial charge in [-0.15, -0.1) is 0 Å². The minimum atomic E-state index is -0.897. The monoisotopic (exact) mass is 514 g/mol. The number of carboxylic acids is 1. The Kier molecular flexibility index (Phi) is 6.87. The first-order valence-corrected chi connectivity index (χ1v) is 14.3. The van der Waals surface area contributed by atoms with Crippen LogP contribution in [-0.2, 0) is 11.3 Å². The van der Waals surface area contributed by atoms with E-state index >= 15 is 0 Å². The number of carboxylic acid groups (broad SMARTS) is 1. The summed E-state index contributed by atoms with van der Waals surface area (Å²) in [7, 11) is 0. The second kappa shape index (κ2) is 10.4. The molecule has 2 aliphatic heterocycles. The van der Waals surface area contributed by atoms with Crippen LogP contribution in [0.4, 0.5) is 5.69 Å². The van der Waals surface area contributed by atoms with E-state index in [0.29, 0.717) is 31.1 Å². The van der Waals surface area contributed by atoms with Gasteiger partial charge in [0.1, 0.15) is 0 Å². The summed E-state index contributed by atoms with van der Waals surface area (Å²) >= 11 is 0. The number of fused-ring (bicyclic) bond motifs is 5. The first-order chi connectivity index (χ1) is 18.5. The van der Waals surface area contributed by atoms with Crippen molar-refractivity contribution >= 4 is 28.5 Å². The Morgan fingerprint density at radius 1 is 0.921 bits per heavy atom. The van der Waals surface area contributed by atoms with Crippen molar-refractivity contribution < 1.29 is 14.7 Å². The van der Waals surface area contributed by atoms with Gasteiger partial charge in [-0.05, 0) is 49.1 Å². The normalized spacial score (nSPS) is 18.8. The number of aromatic nitrogens is 1. The van der Waals surface area contributed by atoms with Gasteiger partial charge in [-0.1, -0.05) is 50.5 Å². The summed E-state index contributed by atoms with van der Waals surface area (Å²) in [5.41, 5.74) is 6.17. The molecule has 1 saturated heterocycles. The lowest BCUT2D eigenvalue weighted by Crippen LogP contribution is -2.51. The van der Waals surface area contributed by atoms with Gasteiger partial charge < -0.3 is 24.4 Å². The number of hydrogen-bond acceptors (Lipinski definition) is 4. The van der Waals surface area contributed by atoms with Gasteiger partial charge in [0.25, 0.3) is 0 Å². The number of hydrogen-bond donors (Lipinski definition) is 1. The Morgan fingerprint density at radius 2 is 1.68 bits per heavy atom. The van der Waals surface area contributed by atoms with Crippen LogP contribution in [0.2, 0.25) is 0 Å². The Bertz CT molecular complexity index is 1350. The molecule has 1 saturated carbocycles. The van der Waals surface area contributed by atoms with Crippen LogP contribution in [0.25, 0.3) is 22.2 Å². The Morgan fingerprint density at radius 3 is 2.42 bits per heavy atom. The lowest BCUT2D eigenvalue weighted by molar-refractivity contribution is -0.131. The van der Waals surface area contributed by atoms with Crippen LogP contribution >= 0.6 is 0 Å². The van der Waals surface area contributed by atoms with E-state index in [1.165, 1.54) is 48.7 Å². The topological polar surface area (TPSA) is 69.0 Å². The van der Waals surface area contributed by atoms with Crippen LogP contribution in [0.15, 0.2) is 42.5 Å². The molecule has 0 radical (unpaired) electrons. The van der Waals surface area contributed by atoms with E-state index in [0.717, 1.165) is 49.5 Å². The van der Waals surface area contributed by atoms with Crippen molar-refractivity contribution in [2.45, 2.75) is 51.5 Å². The number of amides is 1. The summed E-state index contributed by atoms with van der Waals surface area (Å²) in [5.74, 6) is -0.243. The van der Waals surface area contributed by atoms with Crippen LogP contribution < -0.4 is 4.90 Å². The predicted octanol–water partition coefficient (Wildman–Crippen LogP) is 5.04. The molecule has 2 fully saturated rings. The molecule has 3 heterocycles. The summed E-state index contributed by atoms with van der Waals surface area (Å²) in [6.45, 7) is 8.44. The highest BCUT2D eigenvalue weighted by Crippen LogP contribution is 2.47. The van der Waals surface area contributed by atoms with Crippen molar-refractivity contribution in [1.29, 1.82) is 0 Å². The third kappa shape index (κ3) is 4.47. The number of nitrogens with zero attached hydrogens (tertiary/aromatic N) is 4. The zero-order valence-electron chi connectivity index (χ0n) is 22.4. The molecule has 38 heavy (non-hydrogen) atoms. The van der Waals surface area contributed by atoms with Crippen LogP contribution in [0.3, 0.4) is 0 Å². The van der Waals surface area contributed by atoms with E-state index < -0.39 is 5.97 Å².